The van der Waals surface area contributed by atoms with E-state index in [-0.39, 0.29) is 11.6 Å². The minimum Gasteiger partial charge on any atom is -0.497 e. The zero-order valence-corrected chi connectivity index (χ0v) is 17.5. The molecule has 0 radical (unpaired) electrons. The van der Waals surface area contributed by atoms with Crippen LogP contribution < -0.4 is 20.5 Å². The fourth-order valence-electron chi connectivity index (χ4n) is 3.57. The lowest BCUT2D eigenvalue weighted by Gasteiger charge is -2.22. The Balaban J connectivity index is 1.53. The third kappa shape index (κ3) is 3.74. The molecule has 3 heterocycles. The summed E-state index contributed by atoms with van der Waals surface area (Å²) in [5, 5.41) is 7.71. The largest absolute Gasteiger partial charge is 0.497 e. The van der Waals surface area contributed by atoms with E-state index in [1.165, 1.54) is 11.3 Å². The number of hydrogen-bond donors (Lipinski definition) is 1. The number of benzene rings is 1. The van der Waals surface area contributed by atoms with E-state index in [0.29, 0.717) is 36.0 Å². The van der Waals surface area contributed by atoms with Crippen LogP contribution in [-0.4, -0.2) is 40.2 Å². The van der Waals surface area contributed by atoms with Crippen molar-refractivity contribution < 1.29 is 13.9 Å². The molecule has 2 aromatic heterocycles. The molecule has 0 aliphatic carbocycles. The number of anilines is 1. The summed E-state index contributed by atoms with van der Waals surface area (Å²) in [7, 11) is 1.60. The van der Waals surface area contributed by atoms with Gasteiger partial charge in [0.05, 0.1) is 12.8 Å². The molecule has 1 fully saturated rings. The van der Waals surface area contributed by atoms with E-state index in [9.17, 15) is 14.0 Å². The second-order valence-corrected chi connectivity index (χ2v) is 7.97. The lowest BCUT2D eigenvalue weighted by molar-refractivity contribution is -0.122. The van der Waals surface area contributed by atoms with Crippen molar-refractivity contribution in [3.8, 4) is 5.75 Å². The molecule has 1 aliphatic heterocycles. The quantitative estimate of drug-likeness (QED) is 0.643. The number of nitrogens with zero attached hydrogens (tertiary/aromatic N) is 4. The molecule has 1 aromatic carbocycles. The summed E-state index contributed by atoms with van der Waals surface area (Å²) >= 11 is 1.19. The molecule has 1 N–H and O–H groups in total. The molecular formula is C20H22FN5O3S. The fraction of sp³-hybridized carbons (Fsp3) is 0.400. The van der Waals surface area contributed by atoms with E-state index in [0.717, 1.165) is 22.2 Å². The van der Waals surface area contributed by atoms with Crippen LogP contribution in [0.15, 0.2) is 29.1 Å². The Morgan fingerprint density at radius 1 is 1.43 bits per heavy atom. The number of fused-ring (bicyclic) bond motifs is 1. The number of carbonyl (C=O) groups excluding carboxylic acids is 1. The van der Waals surface area contributed by atoms with Gasteiger partial charge in [-0.15, -0.1) is 5.10 Å². The molecule has 1 amide bonds. The highest BCUT2D eigenvalue weighted by Gasteiger charge is 2.33. The number of aryl methyl sites for hydroxylation is 1. The van der Waals surface area contributed by atoms with Crippen molar-refractivity contribution in [1.29, 1.82) is 0 Å². The minimum absolute atomic E-state index is 0.115. The summed E-state index contributed by atoms with van der Waals surface area (Å²) in [5.74, 6) is -0.258. The van der Waals surface area contributed by atoms with Gasteiger partial charge in [-0.2, -0.15) is 8.91 Å². The molecule has 158 valence electrons. The number of methoxy groups -OCH3 is 1. The van der Waals surface area contributed by atoms with Crippen molar-refractivity contribution in [3.63, 3.8) is 0 Å². The van der Waals surface area contributed by atoms with Crippen LogP contribution >= 0.6 is 11.3 Å². The molecule has 0 saturated carbocycles. The standard InChI is InChI=1S/C20H22FN5O3S/c1-3-14-16(21)18(28)26-19(23-14)30-20(24-26)25-9-5-8-15(25)17(27)22-11-12-6-4-7-13(10-12)29-2/h4,6-7,10,15H,3,5,8-9,11H2,1-2H3,(H,22,27). The average Bonchev–Trinajstić information content (AvgIpc) is 3.41. The summed E-state index contributed by atoms with van der Waals surface area (Å²) in [6.07, 6.45) is 1.82. The topological polar surface area (TPSA) is 88.8 Å². The molecule has 1 aliphatic rings. The maximum Gasteiger partial charge on any atom is 0.311 e. The summed E-state index contributed by atoms with van der Waals surface area (Å²) in [6, 6.07) is 7.11. The molecule has 10 heteroatoms. The van der Waals surface area contributed by atoms with Crippen molar-refractivity contribution >= 4 is 27.3 Å². The van der Waals surface area contributed by atoms with E-state index < -0.39 is 17.4 Å². The summed E-state index contributed by atoms with van der Waals surface area (Å²) < 4.78 is 20.3. The Morgan fingerprint density at radius 2 is 2.27 bits per heavy atom. The van der Waals surface area contributed by atoms with Crippen molar-refractivity contribution in [2.45, 2.75) is 38.8 Å². The van der Waals surface area contributed by atoms with E-state index >= 15 is 0 Å². The molecule has 4 rings (SSSR count). The number of halogens is 1. The predicted octanol–water partition coefficient (Wildman–Crippen LogP) is 2.15. The molecule has 0 bridgehead atoms. The van der Waals surface area contributed by atoms with Crippen LogP contribution in [0.4, 0.5) is 9.52 Å². The maximum atomic E-state index is 14.1. The number of aromatic nitrogens is 3. The molecule has 30 heavy (non-hydrogen) atoms. The van der Waals surface area contributed by atoms with E-state index in [4.69, 9.17) is 4.74 Å². The first-order valence-corrected chi connectivity index (χ1v) is 10.6. The van der Waals surface area contributed by atoms with Crippen molar-refractivity contribution in [1.82, 2.24) is 19.9 Å². The fourth-order valence-corrected chi connectivity index (χ4v) is 4.55. The number of ether oxygens (including phenoxy) is 1. The number of nitrogens with one attached hydrogen (secondary N) is 1. The Morgan fingerprint density at radius 3 is 3.03 bits per heavy atom. The summed E-state index contributed by atoms with van der Waals surface area (Å²) in [6.45, 7) is 2.76. The SMILES string of the molecule is CCc1nc2sc(N3CCCC3C(=O)NCc3cccc(OC)c3)nn2c(=O)c1F. The van der Waals surface area contributed by atoms with Crippen LogP contribution in [0.2, 0.25) is 0 Å². The Bertz CT molecular complexity index is 1150. The highest BCUT2D eigenvalue weighted by Crippen LogP contribution is 2.29. The lowest BCUT2D eigenvalue weighted by Crippen LogP contribution is -2.43. The second-order valence-electron chi connectivity index (χ2n) is 7.03. The van der Waals surface area contributed by atoms with E-state index in [1.54, 1.807) is 14.0 Å². The van der Waals surface area contributed by atoms with Gasteiger partial charge in [-0.25, -0.2) is 4.98 Å². The van der Waals surface area contributed by atoms with Crippen molar-refractivity contribution in [3.05, 3.63) is 51.7 Å². The summed E-state index contributed by atoms with van der Waals surface area (Å²) in [4.78, 5) is 31.5. The highest BCUT2D eigenvalue weighted by molar-refractivity contribution is 7.20. The monoisotopic (exact) mass is 431 g/mol. The number of rotatable bonds is 6. The van der Waals surface area contributed by atoms with Gasteiger partial charge in [0.1, 0.15) is 11.8 Å². The van der Waals surface area contributed by atoms with Gasteiger partial charge in [0.2, 0.25) is 21.8 Å². The van der Waals surface area contributed by atoms with Crippen molar-refractivity contribution in [2.75, 3.05) is 18.6 Å². The predicted molar refractivity (Wildman–Crippen MR) is 112 cm³/mol. The highest BCUT2D eigenvalue weighted by atomic mass is 32.1. The lowest BCUT2D eigenvalue weighted by atomic mass is 10.2. The van der Waals surface area contributed by atoms with Crippen molar-refractivity contribution in [2.24, 2.45) is 0 Å². The first-order chi connectivity index (χ1) is 14.5. The van der Waals surface area contributed by atoms with Gasteiger partial charge in [0, 0.05) is 13.1 Å². The zero-order valence-electron chi connectivity index (χ0n) is 16.7. The van der Waals surface area contributed by atoms with Gasteiger partial charge in [-0.3, -0.25) is 9.59 Å². The van der Waals surface area contributed by atoms with Gasteiger partial charge in [-0.1, -0.05) is 30.4 Å². The molecular weight excluding hydrogens is 409 g/mol. The number of amides is 1. The molecule has 1 atom stereocenters. The molecule has 3 aromatic rings. The third-order valence-corrected chi connectivity index (χ3v) is 6.10. The van der Waals surface area contributed by atoms with Crippen LogP contribution in [0.25, 0.3) is 4.96 Å². The van der Waals surface area contributed by atoms with Gasteiger partial charge in [0.15, 0.2) is 0 Å². The smallest absolute Gasteiger partial charge is 0.311 e. The van der Waals surface area contributed by atoms with Crippen LogP contribution in [-0.2, 0) is 17.8 Å². The first-order valence-electron chi connectivity index (χ1n) is 9.77. The maximum absolute atomic E-state index is 14.1. The van der Waals surface area contributed by atoms with Gasteiger partial charge in [-0.05, 0) is 37.0 Å². The second kappa shape index (κ2) is 8.39. The molecule has 8 nitrogen and oxygen atoms in total. The summed E-state index contributed by atoms with van der Waals surface area (Å²) in [5.41, 5.74) is 0.257. The van der Waals surface area contributed by atoms with Crippen LogP contribution in [0.3, 0.4) is 0 Å². The molecule has 1 saturated heterocycles. The van der Waals surface area contributed by atoms with Crippen LogP contribution in [0.5, 0.6) is 5.75 Å². The average molecular weight is 431 g/mol. The van der Waals surface area contributed by atoms with Gasteiger partial charge >= 0.3 is 5.56 Å². The Kier molecular flexibility index (Phi) is 5.67. The Hall–Kier alpha value is -3.01. The van der Waals surface area contributed by atoms with Crippen LogP contribution in [0, 0.1) is 5.82 Å². The third-order valence-electron chi connectivity index (χ3n) is 5.15. The zero-order chi connectivity index (χ0) is 21.3. The molecule has 1 unspecified atom stereocenters. The van der Waals surface area contributed by atoms with Gasteiger partial charge in [0.25, 0.3) is 0 Å². The number of hydrogen-bond acceptors (Lipinski definition) is 7. The molecule has 0 spiro atoms. The first kappa shape index (κ1) is 20.3. The minimum atomic E-state index is -0.874. The normalized spacial score (nSPS) is 16.2. The number of carbonyl (C=O) groups is 1. The van der Waals surface area contributed by atoms with Crippen LogP contribution in [0.1, 0.15) is 31.0 Å². The van der Waals surface area contributed by atoms with E-state index in [1.807, 2.05) is 29.2 Å². The van der Waals surface area contributed by atoms with Gasteiger partial charge < -0.3 is 15.0 Å². The Labute approximate surface area is 176 Å². The van der Waals surface area contributed by atoms with E-state index in [2.05, 4.69) is 15.4 Å².